The van der Waals surface area contributed by atoms with E-state index >= 15 is 0 Å². The molecule has 0 spiro atoms. The normalized spacial score (nSPS) is 18.6. The van der Waals surface area contributed by atoms with E-state index in [4.69, 9.17) is 0 Å². The van der Waals surface area contributed by atoms with E-state index in [1.54, 1.807) is 11.1 Å². The maximum atomic E-state index is 2.45. The standard InChI is InChI=1S/2C10H15.2ClH.Hf/c2*1-3-6-9(2)10-7-4-5-8-10;;;/h2*4,7,9H,3,5-6H2,1-2H3;2*1H;/q;;;;+2/p-2. The summed E-state index contributed by atoms with van der Waals surface area (Å²) >= 11 is -0.788. The average molecular weight is 520 g/mol. The number of allylic oxidation sites excluding steroid dienone is 8. The second-order valence-electron chi connectivity index (χ2n) is 6.59. The first-order valence-corrected chi connectivity index (χ1v) is 12.3. The Morgan fingerprint density at radius 1 is 0.826 bits per heavy atom. The van der Waals surface area contributed by atoms with Gasteiger partial charge >= 0.3 is 143 Å². The van der Waals surface area contributed by atoms with Gasteiger partial charge < -0.3 is 24.8 Å². The summed E-state index contributed by atoms with van der Waals surface area (Å²) < 4.78 is 3.77. The van der Waals surface area contributed by atoms with Crippen molar-refractivity contribution in [1.29, 1.82) is 0 Å². The molecule has 0 N–H and O–H groups in total. The van der Waals surface area contributed by atoms with Gasteiger partial charge in [0.05, 0.1) is 0 Å². The zero-order chi connectivity index (χ0) is 15.2. The summed E-state index contributed by atoms with van der Waals surface area (Å²) in [7, 11) is 0. The van der Waals surface area contributed by atoms with Gasteiger partial charge in [-0.1, -0.05) is 0 Å². The number of halogens is 2. The van der Waals surface area contributed by atoms with Crippen LogP contribution in [0.3, 0.4) is 0 Å². The minimum absolute atomic E-state index is 0. The van der Waals surface area contributed by atoms with Crippen LogP contribution in [-0.2, 0) is 22.9 Å². The van der Waals surface area contributed by atoms with Gasteiger partial charge in [0.25, 0.3) is 0 Å². The third kappa shape index (κ3) is 6.33. The number of hydrogen-bond donors (Lipinski definition) is 0. The van der Waals surface area contributed by atoms with Gasteiger partial charge in [-0.05, 0) is 0 Å². The van der Waals surface area contributed by atoms with Crippen LogP contribution in [0.4, 0.5) is 0 Å². The summed E-state index contributed by atoms with van der Waals surface area (Å²) in [6.07, 6.45) is 17.6. The molecule has 2 atom stereocenters. The van der Waals surface area contributed by atoms with Crippen LogP contribution in [0.25, 0.3) is 0 Å². The van der Waals surface area contributed by atoms with Crippen molar-refractivity contribution in [1.82, 2.24) is 0 Å². The van der Waals surface area contributed by atoms with E-state index in [9.17, 15) is 0 Å². The van der Waals surface area contributed by atoms with Crippen LogP contribution in [0.15, 0.2) is 42.1 Å². The predicted molar refractivity (Wildman–Crippen MR) is 89.7 cm³/mol. The first-order valence-electron chi connectivity index (χ1n) is 8.73. The topological polar surface area (TPSA) is 0 Å². The minimum atomic E-state index is -0.788. The van der Waals surface area contributed by atoms with E-state index in [0.717, 1.165) is 11.8 Å². The van der Waals surface area contributed by atoms with Gasteiger partial charge in [-0.3, -0.25) is 0 Å². The minimum Gasteiger partial charge on any atom is -1.00 e. The van der Waals surface area contributed by atoms with E-state index in [-0.39, 0.29) is 24.8 Å². The van der Waals surface area contributed by atoms with Crippen molar-refractivity contribution in [3.63, 3.8) is 0 Å². The van der Waals surface area contributed by atoms with Crippen molar-refractivity contribution in [3.8, 4) is 0 Å². The van der Waals surface area contributed by atoms with Crippen molar-refractivity contribution in [2.45, 2.75) is 66.2 Å². The summed E-state index contributed by atoms with van der Waals surface area (Å²) in [4.78, 5) is 0. The van der Waals surface area contributed by atoms with Crippen LogP contribution in [0, 0.1) is 11.8 Å². The molecule has 0 nitrogen and oxygen atoms in total. The van der Waals surface area contributed by atoms with E-state index < -0.39 is 22.9 Å². The Kier molecular flexibility index (Phi) is 12.1. The molecule has 2 aliphatic rings. The fourth-order valence-corrected chi connectivity index (χ4v) is 9.87. The van der Waals surface area contributed by atoms with Gasteiger partial charge in [0.1, 0.15) is 0 Å². The molecule has 0 amide bonds. The molecule has 0 heterocycles. The molecular formula is C20H30Cl2Hf. The molecule has 0 radical (unpaired) electrons. The molecule has 2 unspecified atom stereocenters. The smallest absolute Gasteiger partial charge is 1.00 e. The average Bonchev–Trinajstić information content (AvgIpc) is 3.09. The third-order valence-electron chi connectivity index (χ3n) is 4.74. The first-order chi connectivity index (χ1) is 10.2. The first kappa shape index (κ1) is 23.4. The molecule has 2 rings (SSSR count). The number of rotatable bonds is 8. The van der Waals surface area contributed by atoms with E-state index in [2.05, 4.69) is 52.0 Å². The third-order valence-corrected chi connectivity index (χ3v) is 10.5. The molecule has 2 aliphatic carbocycles. The molecular weight excluding hydrogens is 490 g/mol. The molecule has 0 saturated heterocycles. The zero-order valence-electron chi connectivity index (χ0n) is 15.0. The summed E-state index contributed by atoms with van der Waals surface area (Å²) in [5.41, 5.74) is 3.45. The van der Waals surface area contributed by atoms with Gasteiger partial charge in [-0.25, -0.2) is 0 Å². The van der Waals surface area contributed by atoms with Crippen LogP contribution < -0.4 is 24.8 Å². The number of hydrogen-bond acceptors (Lipinski definition) is 0. The molecule has 3 heteroatoms. The maximum Gasteiger partial charge on any atom is -1.00 e. The van der Waals surface area contributed by atoms with Crippen molar-refractivity contribution < 1.29 is 47.7 Å². The molecule has 0 aromatic carbocycles. The Morgan fingerprint density at radius 3 is 1.57 bits per heavy atom. The Bertz CT molecular complexity index is 442. The van der Waals surface area contributed by atoms with Crippen molar-refractivity contribution in [2.24, 2.45) is 11.8 Å². The zero-order valence-corrected chi connectivity index (χ0v) is 20.1. The van der Waals surface area contributed by atoms with Gasteiger partial charge in [0, 0.05) is 0 Å². The molecule has 0 aromatic heterocycles. The van der Waals surface area contributed by atoms with Crippen molar-refractivity contribution in [2.75, 3.05) is 0 Å². The van der Waals surface area contributed by atoms with Gasteiger partial charge in [-0.2, -0.15) is 0 Å². The van der Waals surface area contributed by atoms with Crippen LogP contribution in [0.5, 0.6) is 0 Å². The predicted octanol–water partition coefficient (Wildman–Crippen LogP) is 0.377. The maximum absolute atomic E-state index is 2.45. The Hall–Kier alpha value is 0.410. The fourth-order valence-electron chi connectivity index (χ4n) is 3.57. The summed E-state index contributed by atoms with van der Waals surface area (Å²) in [6, 6.07) is 0. The second-order valence-corrected chi connectivity index (χ2v) is 11.8. The van der Waals surface area contributed by atoms with Gasteiger partial charge in [0.15, 0.2) is 0 Å². The SMILES string of the molecule is CCCC(C)C1=[C]([Hf+2][C]2=C(C(C)CCC)C=CC2)CC=C1.[Cl-].[Cl-]. The van der Waals surface area contributed by atoms with Gasteiger partial charge in [-0.15, -0.1) is 0 Å². The van der Waals surface area contributed by atoms with Crippen LogP contribution in [-0.4, -0.2) is 0 Å². The van der Waals surface area contributed by atoms with E-state index in [1.807, 2.05) is 6.66 Å². The van der Waals surface area contributed by atoms with Crippen molar-refractivity contribution >= 4 is 0 Å². The Morgan fingerprint density at radius 2 is 1.22 bits per heavy atom. The molecule has 0 aliphatic heterocycles. The molecule has 0 bridgehead atoms. The molecule has 0 saturated carbocycles. The Balaban J connectivity index is 0.00000242. The summed E-state index contributed by atoms with van der Waals surface area (Å²) in [5, 5.41) is 0. The van der Waals surface area contributed by atoms with Crippen LogP contribution >= 0.6 is 0 Å². The molecule has 23 heavy (non-hydrogen) atoms. The molecule has 128 valence electrons. The monoisotopic (exact) mass is 520 g/mol. The Labute approximate surface area is 167 Å². The van der Waals surface area contributed by atoms with Crippen LogP contribution in [0.2, 0.25) is 0 Å². The quantitative estimate of drug-likeness (QED) is 0.407. The molecule has 0 fully saturated rings. The van der Waals surface area contributed by atoms with Gasteiger partial charge in [0.2, 0.25) is 0 Å². The summed E-state index contributed by atoms with van der Waals surface area (Å²) in [6.45, 7) is 9.48. The van der Waals surface area contributed by atoms with E-state index in [0.29, 0.717) is 0 Å². The summed E-state index contributed by atoms with van der Waals surface area (Å²) in [5.74, 6) is 1.56. The van der Waals surface area contributed by atoms with Crippen molar-refractivity contribution in [3.05, 3.63) is 42.1 Å². The fraction of sp³-hybridized carbons (Fsp3) is 0.600. The van der Waals surface area contributed by atoms with E-state index in [1.165, 1.54) is 38.5 Å². The second kappa shape index (κ2) is 11.9. The molecule has 0 aromatic rings. The van der Waals surface area contributed by atoms with Crippen LogP contribution in [0.1, 0.15) is 66.2 Å². The largest absolute Gasteiger partial charge is 1.00 e.